The van der Waals surface area contributed by atoms with Crippen LogP contribution < -0.4 is 5.56 Å². The van der Waals surface area contributed by atoms with Gasteiger partial charge < -0.3 is 19.6 Å². The molecule has 1 atom stereocenters. The van der Waals surface area contributed by atoms with Crippen molar-refractivity contribution >= 4 is 11.8 Å². The summed E-state index contributed by atoms with van der Waals surface area (Å²) < 4.78 is 19.0. The smallest absolute Gasteiger partial charge is 0.295 e. The van der Waals surface area contributed by atoms with Gasteiger partial charge in [0.1, 0.15) is 17.7 Å². The number of nitrogens with zero attached hydrogens (tertiary/aromatic N) is 3. The van der Waals surface area contributed by atoms with Crippen LogP contribution >= 0.6 is 0 Å². The molecule has 0 spiro atoms. The van der Waals surface area contributed by atoms with Gasteiger partial charge in [0.25, 0.3) is 17.4 Å². The molecule has 0 bridgehead atoms. The van der Waals surface area contributed by atoms with Crippen LogP contribution in [0.3, 0.4) is 0 Å². The van der Waals surface area contributed by atoms with Gasteiger partial charge >= 0.3 is 0 Å². The van der Waals surface area contributed by atoms with Gasteiger partial charge in [-0.1, -0.05) is 26.0 Å². The molecule has 0 fully saturated rings. The Hall–Kier alpha value is -3.20. The number of carbonyl (C=O) groups excluding carboxylic acids is 2. The van der Waals surface area contributed by atoms with Crippen LogP contribution in [0.2, 0.25) is 0 Å². The Bertz CT molecular complexity index is 1110. The van der Waals surface area contributed by atoms with Crippen LogP contribution in [0, 0.1) is 12.7 Å². The molecule has 0 saturated heterocycles. The molecule has 1 aromatic heterocycles. The molecule has 8 nitrogen and oxygen atoms in total. The van der Waals surface area contributed by atoms with Gasteiger partial charge in [-0.25, -0.2) is 4.39 Å². The van der Waals surface area contributed by atoms with Crippen molar-refractivity contribution in [1.29, 1.82) is 0 Å². The number of pyridine rings is 1. The average molecular weight is 462 g/mol. The second-order valence-corrected chi connectivity index (χ2v) is 7.74. The molecule has 2 aliphatic heterocycles. The summed E-state index contributed by atoms with van der Waals surface area (Å²) in [5, 5.41) is 10.5. The summed E-state index contributed by atoms with van der Waals surface area (Å²) in [6.07, 6.45) is -0.182. The molecule has 180 valence electrons. The second-order valence-electron chi connectivity index (χ2n) is 7.74. The molecule has 2 amide bonds. The highest BCUT2D eigenvalue weighted by Gasteiger charge is 2.41. The third-order valence-electron chi connectivity index (χ3n) is 5.67. The lowest BCUT2D eigenvalue weighted by molar-refractivity contribution is 0.0721. The zero-order valence-corrected chi connectivity index (χ0v) is 20.2. The number of fused-ring (bicyclic) bond motifs is 3. The van der Waals surface area contributed by atoms with Crippen LogP contribution in [0.4, 0.5) is 4.39 Å². The van der Waals surface area contributed by atoms with Crippen LogP contribution in [0.1, 0.15) is 64.5 Å². The lowest BCUT2D eigenvalue weighted by Gasteiger charge is -2.30. The number of aromatic nitrogens is 1. The van der Waals surface area contributed by atoms with Gasteiger partial charge in [-0.2, -0.15) is 0 Å². The molecular formula is C24H32FN3O5. The van der Waals surface area contributed by atoms with Crippen molar-refractivity contribution in [2.75, 3.05) is 27.8 Å². The molecule has 33 heavy (non-hydrogen) atoms. The summed E-state index contributed by atoms with van der Waals surface area (Å²) in [5.41, 5.74) is 0.971. The quantitative estimate of drug-likeness (QED) is 0.742. The standard InChI is InChI=1S/C20H20FN3O4.C2H6O.C2H6/c1-10-8-12(4-5-14(10)21)9-23-7-6-13-15(18(23)26)17(25)20(28)24-11(2)22(3)19(27)16(13)24;1-3-2;1-2/h4-5,8,11,25H,6-7,9H2,1-3H3;1-2H3;1-2H3. The Morgan fingerprint density at radius 1 is 1.15 bits per heavy atom. The van der Waals surface area contributed by atoms with E-state index < -0.39 is 23.4 Å². The van der Waals surface area contributed by atoms with Crippen molar-refractivity contribution in [2.24, 2.45) is 0 Å². The Kier molecular flexibility index (Phi) is 8.38. The fourth-order valence-electron chi connectivity index (χ4n) is 3.98. The van der Waals surface area contributed by atoms with Crippen molar-refractivity contribution in [3.05, 3.63) is 62.3 Å². The largest absolute Gasteiger partial charge is 0.502 e. The summed E-state index contributed by atoms with van der Waals surface area (Å²) in [4.78, 5) is 41.2. The zero-order chi connectivity index (χ0) is 25.0. The summed E-state index contributed by atoms with van der Waals surface area (Å²) in [5.74, 6) is -1.79. The molecule has 1 N–H and O–H groups in total. The van der Waals surface area contributed by atoms with Crippen molar-refractivity contribution in [3.8, 4) is 5.75 Å². The summed E-state index contributed by atoms with van der Waals surface area (Å²) >= 11 is 0. The van der Waals surface area contributed by atoms with Crippen molar-refractivity contribution in [1.82, 2.24) is 14.4 Å². The van der Waals surface area contributed by atoms with E-state index in [2.05, 4.69) is 4.74 Å². The van der Waals surface area contributed by atoms with E-state index in [0.29, 0.717) is 24.1 Å². The number of hydrogen-bond donors (Lipinski definition) is 1. The number of rotatable bonds is 2. The maximum atomic E-state index is 13.5. The first-order valence-electron chi connectivity index (χ1n) is 10.9. The Morgan fingerprint density at radius 2 is 1.76 bits per heavy atom. The summed E-state index contributed by atoms with van der Waals surface area (Å²) in [7, 11) is 4.83. The van der Waals surface area contributed by atoms with E-state index in [1.807, 2.05) is 13.8 Å². The topological polar surface area (TPSA) is 92.1 Å². The first-order chi connectivity index (χ1) is 15.6. The average Bonchev–Trinajstić information content (AvgIpc) is 3.02. The second kappa shape index (κ2) is 10.6. The summed E-state index contributed by atoms with van der Waals surface area (Å²) in [6.45, 7) is 7.89. The molecule has 3 heterocycles. The van der Waals surface area contributed by atoms with Crippen LogP contribution in [0.25, 0.3) is 0 Å². The predicted octanol–water partition coefficient (Wildman–Crippen LogP) is 3.09. The molecule has 9 heteroatoms. The van der Waals surface area contributed by atoms with Gasteiger partial charge in [-0.05, 0) is 37.5 Å². The highest BCUT2D eigenvalue weighted by molar-refractivity contribution is 6.04. The van der Waals surface area contributed by atoms with Crippen molar-refractivity contribution < 1.29 is 23.8 Å². The van der Waals surface area contributed by atoms with Gasteiger partial charge in [0.15, 0.2) is 5.75 Å². The molecule has 2 aromatic rings. The van der Waals surface area contributed by atoms with Crippen LogP contribution in [0.5, 0.6) is 5.75 Å². The molecule has 4 rings (SSSR count). The molecule has 0 saturated carbocycles. The van der Waals surface area contributed by atoms with Crippen LogP contribution in [-0.4, -0.2) is 59.1 Å². The monoisotopic (exact) mass is 461 g/mol. The normalized spacial score (nSPS) is 16.4. The lowest BCUT2D eigenvalue weighted by atomic mass is 9.95. The molecule has 1 aromatic carbocycles. The number of ether oxygens (including phenoxy) is 1. The van der Waals surface area contributed by atoms with Gasteiger partial charge in [0.05, 0.1) is 5.56 Å². The highest BCUT2D eigenvalue weighted by atomic mass is 19.1. The van der Waals surface area contributed by atoms with E-state index in [4.69, 9.17) is 0 Å². The van der Waals surface area contributed by atoms with E-state index in [1.54, 1.807) is 47.2 Å². The minimum absolute atomic E-state index is 0.0998. The number of aryl methyl sites for hydroxylation is 1. The number of carbonyl (C=O) groups is 2. The third-order valence-corrected chi connectivity index (χ3v) is 5.67. The van der Waals surface area contributed by atoms with E-state index in [9.17, 15) is 23.9 Å². The fraction of sp³-hybridized carbons (Fsp3) is 0.458. The van der Waals surface area contributed by atoms with Crippen molar-refractivity contribution in [3.63, 3.8) is 0 Å². The molecule has 1 unspecified atom stereocenters. The van der Waals surface area contributed by atoms with Crippen molar-refractivity contribution in [2.45, 2.75) is 46.8 Å². The Balaban J connectivity index is 0.000000714. The number of aromatic hydroxyl groups is 1. The van der Waals surface area contributed by atoms with Crippen LogP contribution in [-0.2, 0) is 17.7 Å². The highest BCUT2D eigenvalue weighted by Crippen LogP contribution is 2.34. The molecule has 2 aliphatic rings. The van der Waals surface area contributed by atoms with Gasteiger partial charge in [0.2, 0.25) is 0 Å². The molecule has 0 radical (unpaired) electrons. The number of methoxy groups -OCH3 is 1. The molecular weight excluding hydrogens is 429 g/mol. The lowest BCUT2D eigenvalue weighted by Crippen LogP contribution is -2.40. The number of hydrogen-bond acceptors (Lipinski definition) is 5. The van der Waals surface area contributed by atoms with Crippen LogP contribution in [0.15, 0.2) is 23.0 Å². The minimum atomic E-state index is -0.744. The number of benzene rings is 1. The first kappa shape index (κ1) is 26.1. The number of amides is 2. The van der Waals surface area contributed by atoms with E-state index in [1.165, 1.54) is 20.4 Å². The SMILES string of the molecule is CC.COC.Cc1cc(CN2CCc3c(c(O)c(=O)n4c3C(=O)N(C)C4C)C2=O)ccc1F. The third kappa shape index (κ3) is 4.64. The van der Waals surface area contributed by atoms with E-state index >= 15 is 0 Å². The maximum Gasteiger partial charge on any atom is 0.295 e. The maximum absolute atomic E-state index is 13.5. The number of halogens is 1. The molecule has 0 aliphatic carbocycles. The zero-order valence-electron chi connectivity index (χ0n) is 20.2. The summed E-state index contributed by atoms with van der Waals surface area (Å²) in [6, 6.07) is 4.61. The van der Waals surface area contributed by atoms with Gasteiger partial charge in [-0.3, -0.25) is 19.0 Å². The minimum Gasteiger partial charge on any atom is -0.502 e. The fourth-order valence-corrected chi connectivity index (χ4v) is 3.98. The first-order valence-corrected chi connectivity index (χ1v) is 10.9. The van der Waals surface area contributed by atoms with E-state index in [-0.39, 0.29) is 29.5 Å². The predicted molar refractivity (Wildman–Crippen MR) is 123 cm³/mol. The Morgan fingerprint density at radius 3 is 2.33 bits per heavy atom. The van der Waals surface area contributed by atoms with Gasteiger partial charge in [-0.15, -0.1) is 0 Å². The van der Waals surface area contributed by atoms with E-state index in [0.717, 1.165) is 5.56 Å². The Labute approximate surface area is 193 Å². The van der Waals surface area contributed by atoms with Gasteiger partial charge in [0, 0.05) is 39.9 Å².